The molecule has 1 heterocycles. The third-order valence-electron chi connectivity index (χ3n) is 3.67. The van der Waals surface area contributed by atoms with Crippen LogP contribution in [-0.2, 0) is 11.2 Å². The van der Waals surface area contributed by atoms with Gasteiger partial charge in [0.05, 0.1) is 6.04 Å². The van der Waals surface area contributed by atoms with Gasteiger partial charge < -0.3 is 11.1 Å². The van der Waals surface area contributed by atoms with E-state index in [1.807, 2.05) is 13.8 Å². The van der Waals surface area contributed by atoms with Crippen molar-refractivity contribution in [3.63, 3.8) is 0 Å². The van der Waals surface area contributed by atoms with Crippen LogP contribution in [0.3, 0.4) is 0 Å². The number of carbonyl (C=O) groups excluding carboxylic acids is 1. The molecule has 2 rings (SSSR count). The molecule has 4 nitrogen and oxygen atoms in total. The second kappa shape index (κ2) is 7.47. The fraction of sp³-hybridized carbons (Fsp3) is 0.375. The number of amides is 1. The summed E-state index contributed by atoms with van der Waals surface area (Å²) in [5.74, 6) is -0.362. The molecule has 0 spiro atoms. The Morgan fingerprint density at radius 3 is 2.86 bits per heavy atom. The van der Waals surface area contributed by atoms with Crippen molar-refractivity contribution in [1.82, 2.24) is 4.98 Å². The molecule has 0 saturated heterocycles. The van der Waals surface area contributed by atoms with E-state index in [1.165, 1.54) is 17.4 Å². The van der Waals surface area contributed by atoms with Gasteiger partial charge in [-0.3, -0.25) is 4.79 Å². The van der Waals surface area contributed by atoms with Gasteiger partial charge in [0, 0.05) is 17.5 Å². The van der Waals surface area contributed by atoms with E-state index in [9.17, 15) is 9.18 Å². The Labute approximate surface area is 133 Å². The van der Waals surface area contributed by atoms with Gasteiger partial charge in [0.25, 0.3) is 0 Å². The number of nitrogens with zero attached hydrogens (tertiary/aromatic N) is 1. The number of aromatic nitrogens is 1. The van der Waals surface area contributed by atoms with Gasteiger partial charge in [0.2, 0.25) is 5.91 Å². The van der Waals surface area contributed by atoms with Crippen LogP contribution in [0.2, 0.25) is 0 Å². The molecule has 1 aromatic heterocycles. The molecule has 1 aromatic carbocycles. The van der Waals surface area contributed by atoms with E-state index in [0.717, 1.165) is 11.3 Å². The smallest absolute Gasteiger partial charge is 0.243 e. The summed E-state index contributed by atoms with van der Waals surface area (Å²) in [6, 6.07) is 6.08. The summed E-state index contributed by atoms with van der Waals surface area (Å²) in [6.07, 6.45) is 2.95. The average molecular weight is 321 g/mol. The predicted octanol–water partition coefficient (Wildman–Crippen LogP) is 3.18. The van der Waals surface area contributed by atoms with Crippen molar-refractivity contribution >= 4 is 22.4 Å². The molecule has 0 aliphatic heterocycles. The first-order valence-corrected chi connectivity index (χ1v) is 8.07. The first-order chi connectivity index (χ1) is 10.5. The molecule has 118 valence electrons. The fourth-order valence-electron chi connectivity index (χ4n) is 1.98. The summed E-state index contributed by atoms with van der Waals surface area (Å²) in [5, 5.41) is 3.22. The van der Waals surface area contributed by atoms with E-state index >= 15 is 0 Å². The topological polar surface area (TPSA) is 68.0 Å². The average Bonchev–Trinajstić information content (AvgIpc) is 2.95. The molecule has 0 aliphatic rings. The number of anilines is 1. The summed E-state index contributed by atoms with van der Waals surface area (Å²) in [4.78, 5) is 17.0. The lowest BCUT2D eigenvalue weighted by atomic mass is 10.00. The summed E-state index contributed by atoms with van der Waals surface area (Å²) in [7, 11) is 0. The second-order valence-electron chi connectivity index (χ2n) is 5.30. The highest BCUT2D eigenvalue weighted by atomic mass is 32.1. The van der Waals surface area contributed by atoms with Gasteiger partial charge in [-0.2, -0.15) is 0 Å². The van der Waals surface area contributed by atoms with Crippen LogP contribution in [-0.4, -0.2) is 16.9 Å². The molecule has 2 aromatic rings. The maximum absolute atomic E-state index is 13.6. The van der Waals surface area contributed by atoms with Gasteiger partial charge in [-0.1, -0.05) is 38.5 Å². The molecule has 6 heteroatoms. The van der Waals surface area contributed by atoms with Crippen LogP contribution in [0.5, 0.6) is 0 Å². The van der Waals surface area contributed by atoms with Crippen LogP contribution in [0, 0.1) is 11.7 Å². The van der Waals surface area contributed by atoms with Crippen molar-refractivity contribution < 1.29 is 9.18 Å². The molecule has 1 amide bonds. The van der Waals surface area contributed by atoms with Crippen molar-refractivity contribution in [3.8, 4) is 0 Å². The number of halogens is 1. The third-order valence-corrected chi connectivity index (χ3v) is 4.58. The molecule has 22 heavy (non-hydrogen) atoms. The van der Waals surface area contributed by atoms with Crippen molar-refractivity contribution in [2.45, 2.75) is 32.7 Å². The molecule has 2 unspecified atom stereocenters. The van der Waals surface area contributed by atoms with Crippen LogP contribution < -0.4 is 11.1 Å². The zero-order valence-corrected chi connectivity index (χ0v) is 13.5. The highest BCUT2D eigenvalue weighted by Crippen LogP contribution is 2.22. The first-order valence-electron chi connectivity index (χ1n) is 7.25. The van der Waals surface area contributed by atoms with Gasteiger partial charge in [-0.15, -0.1) is 11.3 Å². The zero-order chi connectivity index (χ0) is 16.1. The standard InChI is InChI=1S/C16H20FN3OS/c1-3-10(2)14(18)15(21)20-16-19-9-12(22-16)8-11-6-4-5-7-13(11)17/h4-7,9-10,14H,3,8,18H2,1-2H3,(H,19,20,21). The SMILES string of the molecule is CCC(C)C(N)C(=O)Nc1ncc(Cc2ccccc2F)s1. The minimum atomic E-state index is -0.552. The molecule has 2 atom stereocenters. The molecule has 0 radical (unpaired) electrons. The summed E-state index contributed by atoms with van der Waals surface area (Å²) >= 11 is 1.34. The minimum absolute atomic E-state index is 0.109. The Kier molecular flexibility index (Phi) is 5.63. The van der Waals surface area contributed by atoms with E-state index in [0.29, 0.717) is 17.1 Å². The number of thiazole rings is 1. The Balaban J connectivity index is 2.00. The predicted molar refractivity (Wildman–Crippen MR) is 87.4 cm³/mol. The summed E-state index contributed by atoms with van der Waals surface area (Å²) in [6.45, 7) is 3.93. The van der Waals surface area contributed by atoms with E-state index in [2.05, 4.69) is 10.3 Å². The number of nitrogens with two attached hydrogens (primary N) is 1. The van der Waals surface area contributed by atoms with E-state index in [1.54, 1.807) is 24.4 Å². The zero-order valence-electron chi connectivity index (χ0n) is 12.7. The Morgan fingerprint density at radius 1 is 1.45 bits per heavy atom. The van der Waals surface area contributed by atoms with E-state index in [-0.39, 0.29) is 17.6 Å². The first kappa shape index (κ1) is 16.6. The second-order valence-corrected chi connectivity index (χ2v) is 6.42. The lowest BCUT2D eigenvalue weighted by molar-refractivity contribution is -0.118. The highest BCUT2D eigenvalue weighted by Gasteiger charge is 2.20. The molecule has 0 saturated carbocycles. The van der Waals surface area contributed by atoms with E-state index < -0.39 is 6.04 Å². The monoisotopic (exact) mass is 321 g/mol. The number of nitrogens with one attached hydrogen (secondary N) is 1. The third kappa shape index (κ3) is 4.11. The molecular formula is C16H20FN3OS. The Hall–Kier alpha value is -1.79. The van der Waals surface area contributed by atoms with E-state index in [4.69, 9.17) is 5.73 Å². The minimum Gasteiger partial charge on any atom is -0.320 e. The van der Waals surface area contributed by atoms with Crippen LogP contribution in [0.1, 0.15) is 30.7 Å². The molecule has 3 N–H and O–H groups in total. The van der Waals surface area contributed by atoms with Gasteiger partial charge in [-0.25, -0.2) is 9.37 Å². The van der Waals surface area contributed by atoms with Gasteiger partial charge in [-0.05, 0) is 17.5 Å². The molecule has 0 fully saturated rings. The maximum atomic E-state index is 13.6. The van der Waals surface area contributed by atoms with Gasteiger partial charge in [0.15, 0.2) is 5.13 Å². The Bertz CT molecular complexity index is 644. The lowest BCUT2D eigenvalue weighted by Crippen LogP contribution is -2.40. The van der Waals surface area contributed by atoms with Crippen LogP contribution in [0.15, 0.2) is 30.5 Å². The van der Waals surface area contributed by atoms with Crippen LogP contribution in [0.4, 0.5) is 9.52 Å². The highest BCUT2D eigenvalue weighted by molar-refractivity contribution is 7.15. The quantitative estimate of drug-likeness (QED) is 0.858. The number of hydrogen-bond acceptors (Lipinski definition) is 4. The molecule has 0 bridgehead atoms. The maximum Gasteiger partial charge on any atom is 0.243 e. The number of benzene rings is 1. The fourth-order valence-corrected chi connectivity index (χ4v) is 2.82. The van der Waals surface area contributed by atoms with Crippen molar-refractivity contribution in [1.29, 1.82) is 0 Å². The van der Waals surface area contributed by atoms with Gasteiger partial charge >= 0.3 is 0 Å². The Morgan fingerprint density at radius 2 is 2.18 bits per heavy atom. The van der Waals surface area contributed by atoms with Crippen molar-refractivity contribution in [2.24, 2.45) is 11.7 Å². The largest absolute Gasteiger partial charge is 0.320 e. The lowest BCUT2D eigenvalue weighted by Gasteiger charge is -2.16. The van der Waals surface area contributed by atoms with Crippen molar-refractivity contribution in [3.05, 3.63) is 46.7 Å². The van der Waals surface area contributed by atoms with Crippen LogP contribution >= 0.6 is 11.3 Å². The number of hydrogen-bond donors (Lipinski definition) is 2. The molecule has 0 aliphatic carbocycles. The van der Waals surface area contributed by atoms with Gasteiger partial charge in [0.1, 0.15) is 5.82 Å². The number of carbonyl (C=O) groups is 1. The van der Waals surface area contributed by atoms with Crippen LogP contribution in [0.25, 0.3) is 0 Å². The summed E-state index contributed by atoms with van der Waals surface area (Å²) in [5.41, 5.74) is 6.50. The van der Waals surface area contributed by atoms with Crippen molar-refractivity contribution in [2.75, 3.05) is 5.32 Å². The summed E-state index contributed by atoms with van der Waals surface area (Å²) < 4.78 is 13.6. The number of rotatable bonds is 6. The molecular weight excluding hydrogens is 301 g/mol. The normalized spacial score (nSPS) is 13.6.